The molecular formula is C19H26N4O. The lowest BCUT2D eigenvalue weighted by atomic mass is 9.95. The molecule has 24 heavy (non-hydrogen) atoms. The molecule has 0 saturated carbocycles. The summed E-state index contributed by atoms with van der Waals surface area (Å²) in [6.07, 6.45) is 1.88. The van der Waals surface area contributed by atoms with E-state index in [1.54, 1.807) is 0 Å². The summed E-state index contributed by atoms with van der Waals surface area (Å²) in [4.78, 5) is 11.6. The van der Waals surface area contributed by atoms with Crippen LogP contribution >= 0.6 is 0 Å². The molecule has 2 aromatic rings. The second-order valence-electron chi connectivity index (χ2n) is 6.57. The molecule has 0 amide bonds. The normalized spacial score (nSPS) is 18.2. The molecule has 0 unspecified atom stereocenters. The quantitative estimate of drug-likeness (QED) is 0.885. The lowest BCUT2D eigenvalue weighted by Gasteiger charge is -2.36. The molecule has 1 aromatic heterocycles. The number of nitrogens with one attached hydrogen (secondary N) is 1. The van der Waals surface area contributed by atoms with Gasteiger partial charge in [0, 0.05) is 30.4 Å². The van der Waals surface area contributed by atoms with Crippen molar-refractivity contribution in [2.24, 2.45) is 0 Å². The number of aliphatic hydroxyl groups is 1. The molecular weight excluding hydrogens is 300 g/mol. The fourth-order valence-electron chi connectivity index (χ4n) is 3.13. The van der Waals surface area contributed by atoms with Gasteiger partial charge < -0.3 is 15.3 Å². The van der Waals surface area contributed by atoms with Crippen molar-refractivity contribution in [1.82, 2.24) is 9.97 Å². The highest BCUT2D eigenvalue weighted by molar-refractivity contribution is 5.49. The fourth-order valence-corrected chi connectivity index (χ4v) is 3.13. The van der Waals surface area contributed by atoms with Crippen LogP contribution in [0, 0.1) is 0 Å². The third-order valence-electron chi connectivity index (χ3n) is 4.58. The van der Waals surface area contributed by atoms with Crippen LogP contribution < -0.4 is 10.2 Å². The molecule has 0 fully saturated rings. The Balaban J connectivity index is 1.92. The Bertz CT molecular complexity index is 704. The molecule has 2 N–H and O–H groups in total. The monoisotopic (exact) mass is 326 g/mol. The predicted octanol–water partition coefficient (Wildman–Crippen LogP) is 2.78. The number of benzene rings is 1. The summed E-state index contributed by atoms with van der Waals surface area (Å²) < 4.78 is 0. The Labute approximate surface area is 143 Å². The molecule has 3 rings (SSSR count). The van der Waals surface area contributed by atoms with Crippen LogP contribution in [0.25, 0.3) is 0 Å². The van der Waals surface area contributed by atoms with Crippen molar-refractivity contribution in [1.29, 1.82) is 0 Å². The smallest absolute Gasteiger partial charge is 0.225 e. The number of anilines is 2. The molecule has 0 radical (unpaired) electrons. The summed E-state index contributed by atoms with van der Waals surface area (Å²) in [6, 6.07) is 11.0. The van der Waals surface area contributed by atoms with Gasteiger partial charge in [0.15, 0.2) is 0 Å². The van der Waals surface area contributed by atoms with Gasteiger partial charge in [-0.15, -0.1) is 0 Å². The van der Waals surface area contributed by atoms with Crippen LogP contribution in [0.4, 0.5) is 11.8 Å². The van der Waals surface area contributed by atoms with Crippen molar-refractivity contribution >= 4 is 11.8 Å². The van der Waals surface area contributed by atoms with E-state index in [9.17, 15) is 5.11 Å². The van der Waals surface area contributed by atoms with Crippen molar-refractivity contribution in [2.75, 3.05) is 16.8 Å². The molecule has 2 heterocycles. The summed E-state index contributed by atoms with van der Waals surface area (Å²) >= 11 is 0. The first kappa shape index (κ1) is 16.7. The molecule has 0 aliphatic carbocycles. The summed E-state index contributed by atoms with van der Waals surface area (Å²) in [7, 11) is 0. The van der Waals surface area contributed by atoms with Gasteiger partial charge in [0.1, 0.15) is 5.82 Å². The molecule has 2 atom stereocenters. The summed E-state index contributed by atoms with van der Waals surface area (Å²) in [5, 5.41) is 12.4. The fraction of sp³-hybridized carbons (Fsp3) is 0.474. The van der Waals surface area contributed by atoms with Crippen molar-refractivity contribution in [3.8, 4) is 0 Å². The lowest BCUT2D eigenvalue weighted by Crippen LogP contribution is -2.39. The summed E-state index contributed by atoms with van der Waals surface area (Å²) in [5.74, 6) is 1.55. The van der Waals surface area contributed by atoms with Gasteiger partial charge in [-0.05, 0) is 37.8 Å². The Kier molecular flexibility index (Phi) is 5.00. The van der Waals surface area contributed by atoms with E-state index in [1.165, 1.54) is 11.1 Å². The number of aromatic nitrogens is 2. The third-order valence-corrected chi connectivity index (χ3v) is 4.58. The van der Waals surface area contributed by atoms with E-state index in [-0.39, 0.29) is 12.6 Å². The minimum absolute atomic E-state index is 0.0581. The van der Waals surface area contributed by atoms with Crippen LogP contribution in [0.15, 0.2) is 30.3 Å². The topological polar surface area (TPSA) is 61.3 Å². The van der Waals surface area contributed by atoms with Crippen LogP contribution in [0.1, 0.15) is 37.6 Å². The zero-order chi connectivity index (χ0) is 17.1. The maximum atomic E-state index is 9.26. The molecule has 1 aliphatic rings. The largest absolute Gasteiger partial charge is 0.394 e. The molecule has 0 bridgehead atoms. The van der Waals surface area contributed by atoms with Gasteiger partial charge in [-0.25, -0.2) is 4.98 Å². The molecule has 1 aliphatic heterocycles. The number of aryl methyl sites for hydroxylation is 1. The Morgan fingerprint density at radius 3 is 2.75 bits per heavy atom. The van der Waals surface area contributed by atoms with E-state index in [2.05, 4.69) is 59.4 Å². The molecule has 0 saturated heterocycles. The number of aliphatic hydroxyl groups excluding tert-OH is 1. The van der Waals surface area contributed by atoms with Gasteiger partial charge in [0.05, 0.1) is 6.61 Å². The van der Waals surface area contributed by atoms with Crippen molar-refractivity contribution in [2.45, 2.75) is 52.2 Å². The van der Waals surface area contributed by atoms with Gasteiger partial charge in [-0.1, -0.05) is 31.2 Å². The molecule has 5 heteroatoms. The van der Waals surface area contributed by atoms with E-state index >= 15 is 0 Å². The van der Waals surface area contributed by atoms with Gasteiger partial charge in [-0.2, -0.15) is 4.98 Å². The zero-order valence-electron chi connectivity index (χ0n) is 14.7. The van der Waals surface area contributed by atoms with Crippen molar-refractivity contribution < 1.29 is 5.11 Å². The van der Waals surface area contributed by atoms with Crippen LogP contribution in [0.2, 0.25) is 0 Å². The number of hydrogen-bond acceptors (Lipinski definition) is 5. The van der Waals surface area contributed by atoms with Gasteiger partial charge >= 0.3 is 0 Å². The van der Waals surface area contributed by atoms with Crippen LogP contribution in [-0.4, -0.2) is 33.8 Å². The first-order valence-corrected chi connectivity index (χ1v) is 8.69. The first-order chi connectivity index (χ1) is 11.6. The SMILES string of the molecule is CCc1cc(N2Cc3ccccc3C[C@H]2C)nc(N[C@H](C)CO)n1. The summed E-state index contributed by atoms with van der Waals surface area (Å²) in [6.45, 7) is 7.18. The second kappa shape index (κ2) is 7.18. The zero-order valence-corrected chi connectivity index (χ0v) is 14.7. The highest BCUT2D eigenvalue weighted by Crippen LogP contribution is 2.28. The minimum Gasteiger partial charge on any atom is -0.394 e. The highest BCUT2D eigenvalue weighted by atomic mass is 16.3. The minimum atomic E-state index is -0.0653. The average Bonchev–Trinajstić information content (AvgIpc) is 2.60. The predicted molar refractivity (Wildman–Crippen MR) is 97.4 cm³/mol. The number of fused-ring (bicyclic) bond motifs is 1. The van der Waals surface area contributed by atoms with E-state index in [4.69, 9.17) is 4.98 Å². The van der Waals surface area contributed by atoms with E-state index in [0.29, 0.717) is 12.0 Å². The van der Waals surface area contributed by atoms with Gasteiger partial charge in [-0.3, -0.25) is 0 Å². The van der Waals surface area contributed by atoms with Crippen LogP contribution in [0.5, 0.6) is 0 Å². The van der Waals surface area contributed by atoms with Crippen LogP contribution in [-0.2, 0) is 19.4 Å². The van der Waals surface area contributed by atoms with E-state index in [0.717, 1.165) is 30.9 Å². The number of nitrogens with zero attached hydrogens (tertiary/aromatic N) is 3. The Morgan fingerprint density at radius 1 is 1.29 bits per heavy atom. The van der Waals surface area contributed by atoms with Crippen LogP contribution in [0.3, 0.4) is 0 Å². The second-order valence-corrected chi connectivity index (χ2v) is 6.57. The number of hydrogen-bond donors (Lipinski definition) is 2. The summed E-state index contributed by atoms with van der Waals surface area (Å²) in [5.41, 5.74) is 3.81. The van der Waals surface area contributed by atoms with E-state index in [1.807, 2.05) is 6.92 Å². The standard InChI is InChI=1S/C19H26N4O/c1-4-17-10-18(22-19(21-17)20-13(2)12-24)23-11-16-8-6-5-7-15(16)9-14(23)3/h5-8,10,13-14,24H,4,9,11-12H2,1-3H3,(H,20,21,22)/t13-,14-/m1/s1. The molecule has 128 valence electrons. The first-order valence-electron chi connectivity index (χ1n) is 8.69. The highest BCUT2D eigenvalue weighted by Gasteiger charge is 2.24. The molecule has 5 nitrogen and oxygen atoms in total. The maximum absolute atomic E-state index is 9.26. The van der Waals surface area contributed by atoms with Gasteiger partial charge in [0.2, 0.25) is 5.95 Å². The van der Waals surface area contributed by atoms with Crippen molar-refractivity contribution in [3.63, 3.8) is 0 Å². The number of rotatable bonds is 5. The van der Waals surface area contributed by atoms with E-state index < -0.39 is 0 Å². The molecule has 1 aromatic carbocycles. The Hall–Kier alpha value is -2.14. The van der Waals surface area contributed by atoms with Gasteiger partial charge in [0.25, 0.3) is 0 Å². The van der Waals surface area contributed by atoms with Crippen molar-refractivity contribution in [3.05, 3.63) is 47.2 Å². The third kappa shape index (κ3) is 3.51. The lowest BCUT2D eigenvalue weighted by molar-refractivity contribution is 0.281. The Morgan fingerprint density at radius 2 is 2.04 bits per heavy atom. The maximum Gasteiger partial charge on any atom is 0.225 e. The molecule has 0 spiro atoms. The average molecular weight is 326 g/mol.